The van der Waals surface area contributed by atoms with E-state index in [1.165, 1.54) is 12.1 Å². The number of benzene rings is 1. The van der Waals surface area contributed by atoms with Gasteiger partial charge in [-0.2, -0.15) is 5.01 Å². The Kier molecular flexibility index (Phi) is 2.78. The molecule has 0 aliphatic carbocycles. The first-order chi connectivity index (χ1) is 8.00. The van der Waals surface area contributed by atoms with Gasteiger partial charge < -0.3 is 0 Å². The van der Waals surface area contributed by atoms with Gasteiger partial charge in [0, 0.05) is 12.2 Å². The first-order valence-electron chi connectivity index (χ1n) is 4.64. The SMILES string of the molecule is O=C1C=CC(=O)N1NS(=O)(=O)c1ccccc1. The molecule has 0 bridgehead atoms. The summed E-state index contributed by atoms with van der Waals surface area (Å²) in [4.78, 5) is 24.3. The van der Waals surface area contributed by atoms with Crippen molar-refractivity contribution in [1.29, 1.82) is 0 Å². The number of hydrogen-bond donors (Lipinski definition) is 1. The van der Waals surface area contributed by atoms with Crippen LogP contribution in [0.15, 0.2) is 47.4 Å². The van der Waals surface area contributed by atoms with Crippen LogP contribution in [0.4, 0.5) is 0 Å². The van der Waals surface area contributed by atoms with Gasteiger partial charge >= 0.3 is 0 Å². The van der Waals surface area contributed by atoms with Gasteiger partial charge in [0.05, 0.1) is 4.90 Å². The Bertz CT molecular complexity index is 574. The van der Waals surface area contributed by atoms with Crippen molar-refractivity contribution >= 4 is 21.8 Å². The Labute approximate surface area is 97.6 Å². The third-order valence-corrected chi connectivity index (χ3v) is 3.39. The molecule has 1 heterocycles. The highest BCUT2D eigenvalue weighted by Crippen LogP contribution is 2.09. The maximum absolute atomic E-state index is 11.8. The summed E-state index contributed by atoms with van der Waals surface area (Å²) < 4.78 is 23.6. The number of amides is 2. The molecular formula is C10H8N2O4S. The molecule has 1 aliphatic rings. The number of sulfonamides is 1. The summed E-state index contributed by atoms with van der Waals surface area (Å²) in [6.45, 7) is 0. The van der Waals surface area contributed by atoms with Crippen LogP contribution < -0.4 is 4.83 Å². The maximum atomic E-state index is 11.8. The first-order valence-corrected chi connectivity index (χ1v) is 6.13. The van der Waals surface area contributed by atoms with E-state index in [1.54, 1.807) is 18.2 Å². The van der Waals surface area contributed by atoms with Crippen molar-refractivity contribution in [3.05, 3.63) is 42.5 Å². The zero-order chi connectivity index (χ0) is 12.5. The average Bonchev–Trinajstić information content (AvgIpc) is 2.62. The van der Waals surface area contributed by atoms with Gasteiger partial charge in [-0.1, -0.05) is 18.2 Å². The smallest absolute Gasteiger partial charge is 0.268 e. The standard InChI is InChI=1S/C10H8N2O4S/c13-9-6-7-10(14)12(9)11-17(15,16)8-4-2-1-3-5-8/h1-7,11H. The van der Waals surface area contributed by atoms with Crippen molar-refractivity contribution in [3.8, 4) is 0 Å². The average molecular weight is 252 g/mol. The predicted molar refractivity (Wildman–Crippen MR) is 57.8 cm³/mol. The van der Waals surface area contributed by atoms with E-state index in [-0.39, 0.29) is 4.90 Å². The van der Waals surface area contributed by atoms with E-state index in [2.05, 4.69) is 0 Å². The van der Waals surface area contributed by atoms with Crippen molar-refractivity contribution in [3.63, 3.8) is 0 Å². The summed E-state index contributed by atoms with van der Waals surface area (Å²) in [5, 5.41) is 0.447. The number of nitrogens with one attached hydrogen (secondary N) is 1. The third kappa shape index (κ3) is 2.24. The summed E-state index contributed by atoms with van der Waals surface area (Å²) in [7, 11) is -3.92. The second kappa shape index (κ2) is 4.11. The van der Waals surface area contributed by atoms with Gasteiger partial charge in [-0.25, -0.2) is 8.42 Å². The topological polar surface area (TPSA) is 83.6 Å². The lowest BCUT2D eigenvalue weighted by atomic mass is 10.4. The summed E-state index contributed by atoms with van der Waals surface area (Å²) in [5.41, 5.74) is 0. The molecule has 17 heavy (non-hydrogen) atoms. The highest BCUT2D eigenvalue weighted by molar-refractivity contribution is 7.89. The van der Waals surface area contributed by atoms with Crippen molar-refractivity contribution in [2.24, 2.45) is 0 Å². The molecule has 7 heteroatoms. The molecule has 88 valence electrons. The van der Waals surface area contributed by atoms with Crippen molar-refractivity contribution in [2.45, 2.75) is 4.90 Å². The molecule has 6 nitrogen and oxygen atoms in total. The van der Waals surface area contributed by atoms with Gasteiger partial charge in [0.25, 0.3) is 21.8 Å². The minimum absolute atomic E-state index is 0.0208. The molecule has 0 saturated carbocycles. The largest absolute Gasteiger partial charge is 0.269 e. The van der Waals surface area contributed by atoms with Crippen molar-refractivity contribution in [2.75, 3.05) is 0 Å². The molecule has 0 radical (unpaired) electrons. The molecule has 0 spiro atoms. The summed E-state index contributed by atoms with van der Waals surface area (Å²) in [6, 6.07) is 7.47. The Morgan fingerprint density at radius 3 is 2.00 bits per heavy atom. The zero-order valence-electron chi connectivity index (χ0n) is 8.53. The van der Waals surface area contributed by atoms with E-state index in [0.717, 1.165) is 12.2 Å². The normalized spacial score (nSPS) is 15.6. The molecule has 0 aromatic heterocycles. The minimum atomic E-state index is -3.92. The van der Waals surface area contributed by atoms with Gasteiger partial charge in [0.2, 0.25) is 0 Å². The van der Waals surface area contributed by atoms with E-state index in [1.807, 2.05) is 4.83 Å². The van der Waals surface area contributed by atoms with Crippen molar-refractivity contribution in [1.82, 2.24) is 9.84 Å². The highest BCUT2D eigenvalue weighted by atomic mass is 32.2. The fourth-order valence-corrected chi connectivity index (χ4v) is 2.30. The molecule has 2 amide bonds. The molecule has 0 unspecified atom stereocenters. The second-order valence-electron chi connectivity index (χ2n) is 3.25. The second-order valence-corrected chi connectivity index (χ2v) is 4.91. The Morgan fingerprint density at radius 1 is 0.941 bits per heavy atom. The van der Waals surface area contributed by atoms with Crippen molar-refractivity contribution < 1.29 is 18.0 Å². The quantitative estimate of drug-likeness (QED) is 0.755. The van der Waals surface area contributed by atoms with E-state index in [4.69, 9.17) is 0 Å². The molecule has 1 aromatic carbocycles. The number of carbonyl (C=O) groups excluding carboxylic acids is 2. The lowest BCUT2D eigenvalue weighted by molar-refractivity contribution is -0.138. The zero-order valence-corrected chi connectivity index (χ0v) is 9.35. The van der Waals surface area contributed by atoms with Crippen LogP contribution in [0.1, 0.15) is 0 Å². The first kappa shape index (κ1) is 11.5. The number of hydrogen-bond acceptors (Lipinski definition) is 4. The van der Waals surface area contributed by atoms with Gasteiger partial charge in [-0.05, 0) is 12.1 Å². The number of rotatable bonds is 3. The Hall–Kier alpha value is -1.99. The predicted octanol–water partition coefficient (Wildman–Crippen LogP) is -0.195. The third-order valence-electron chi connectivity index (χ3n) is 2.07. The van der Waals surface area contributed by atoms with Crippen LogP contribution in [0.2, 0.25) is 0 Å². The summed E-state index contributed by atoms with van der Waals surface area (Å²) in [5.74, 6) is -1.43. The van der Waals surface area contributed by atoms with E-state index < -0.39 is 21.8 Å². The monoisotopic (exact) mass is 252 g/mol. The van der Waals surface area contributed by atoms with E-state index >= 15 is 0 Å². The molecular weight excluding hydrogens is 244 g/mol. The Morgan fingerprint density at radius 2 is 1.47 bits per heavy atom. The van der Waals surface area contributed by atoms with Crippen LogP contribution in [0.5, 0.6) is 0 Å². The lowest BCUT2D eigenvalue weighted by Crippen LogP contribution is -2.45. The highest BCUT2D eigenvalue weighted by Gasteiger charge is 2.28. The number of hydrazine groups is 1. The number of imide groups is 1. The van der Waals surface area contributed by atoms with Crippen LogP contribution in [-0.4, -0.2) is 25.2 Å². The fraction of sp³-hybridized carbons (Fsp3) is 0. The van der Waals surface area contributed by atoms with Gasteiger partial charge in [-0.15, -0.1) is 4.83 Å². The van der Waals surface area contributed by atoms with Gasteiger partial charge in [0.15, 0.2) is 0 Å². The summed E-state index contributed by atoms with van der Waals surface area (Å²) >= 11 is 0. The lowest BCUT2D eigenvalue weighted by Gasteiger charge is -2.14. The van der Waals surface area contributed by atoms with Gasteiger partial charge in [-0.3, -0.25) is 9.59 Å². The van der Waals surface area contributed by atoms with E-state index in [0.29, 0.717) is 5.01 Å². The van der Waals surface area contributed by atoms with Crippen LogP contribution in [0.25, 0.3) is 0 Å². The molecule has 1 aromatic rings. The molecule has 1 N–H and O–H groups in total. The molecule has 0 atom stereocenters. The van der Waals surface area contributed by atoms with Crippen LogP contribution in [0, 0.1) is 0 Å². The minimum Gasteiger partial charge on any atom is -0.268 e. The molecule has 0 fully saturated rings. The summed E-state index contributed by atoms with van der Waals surface area (Å²) in [6.07, 6.45) is 1.99. The Balaban J connectivity index is 2.25. The molecule has 2 rings (SSSR count). The number of carbonyl (C=O) groups is 2. The fourth-order valence-electron chi connectivity index (χ4n) is 1.26. The molecule has 0 saturated heterocycles. The van der Waals surface area contributed by atoms with Gasteiger partial charge in [0.1, 0.15) is 0 Å². The number of nitrogens with zero attached hydrogens (tertiary/aromatic N) is 1. The van der Waals surface area contributed by atoms with E-state index in [9.17, 15) is 18.0 Å². The molecule has 1 aliphatic heterocycles. The van der Waals surface area contributed by atoms with Crippen LogP contribution >= 0.6 is 0 Å². The van der Waals surface area contributed by atoms with Crippen LogP contribution in [-0.2, 0) is 19.6 Å². The maximum Gasteiger partial charge on any atom is 0.269 e. The van der Waals surface area contributed by atoms with Crippen LogP contribution in [0.3, 0.4) is 0 Å².